The maximum absolute atomic E-state index is 5.77. The molecule has 2 rings (SSSR count). The fourth-order valence-corrected chi connectivity index (χ4v) is 3.00. The van der Waals surface area contributed by atoms with Gasteiger partial charge in [-0.15, -0.1) is 0 Å². The average Bonchev–Trinajstić information content (AvgIpc) is 2.86. The molecule has 1 aromatic rings. The lowest BCUT2D eigenvalue weighted by atomic mass is 10.0. The van der Waals surface area contributed by atoms with Gasteiger partial charge in [0.15, 0.2) is 0 Å². The zero-order chi connectivity index (χ0) is 14.5. The number of nitrogens with one attached hydrogen (secondary N) is 1. The quantitative estimate of drug-likeness (QED) is 0.822. The predicted molar refractivity (Wildman–Crippen MR) is 85.3 cm³/mol. The van der Waals surface area contributed by atoms with Crippen LogP contribution in [0.1, 0.15) is 31.9 Å². The summed E-state index contributed by atoms with van der Waals surface area (Å²) in [6.45, 7) is 9.61. The molecule has 1 aromatic carbocycles. The number of hydrogen-bond acceptors (Lipinski definition) is 3. The average molecular weight is 342 g/mol. The van der Waals surface area contributed by atoms with Crippen LogP contribution in [0.4, 0.5) is 0 Å². The Morgan fingerprint density at radius 2 is 2.20 bits per heavy atom. The second-order valence-electron chi connectivity index (χ2n) is 5.54. The van der Waals surface area contributed by atoms with Crippen LogP contribution >= 0.6 is 15.9 Å². The molecular weight excluding hydrogens is 318 g/mol. The third-order valence-electron chi connectivity index (χ3n) is 3.69. The van der Waals surface area contributed by atoms with Crippen molar-refractivity contribution in [2.45, 2.75) is 39.8 Å². The van der Waals surface area contributed by atoms with E-state index in [-0.39, 0.29) is 0 Å². The van der Waals surface area contributed by atoms with Crippen LogP contribution in [0.25, 0.3) is 0 Å². The van der Waals surface area contributed by atoms with Crippen molar-refractivity contribution in [3.05, 3.63) is 27.7 Å². The Morgan fingerprint density at radius 3 is 2.90 bits per heavy atom. The lowest BCUT2D eigenvalue weighted by molar-refractivity contribution is 0.107. The molecule has 0 amide bonds. The van der Waals surface area contributed by atoms with E-state index in [1.807, 2.05) is 6.92 Å². The summed E-state index contributed by atoms with van der Waals surface area (Å²) < 4.78 is 12.5. The third kappa shape index (κ3) is 3.96. The molecule has 112 valence electrons. The normalized spacial score (nSPS) is 15.2. The van der Waals surface area contributed by atoms with Gasteiger partial charge in [-0.2, -0.15) is 0 Å². The summed E-state index contributed by atoms with van der Waals surface area (Å²) in [4.78, 5) is 0. The van der Waals surface area contributed by atoms with Gasteiger partial charge in [-0.05, 0) is 30.5 Å². The number of hydrogen-bond donors (Lipinski definition) is 1. The summed E-state index contributed by atoms with van der Waals surface area (Å²) in [5.41, 5.74) is 2.54. The van der Waals surface area contributed by atoms with Crippen LogP contribution in [0, 0.1) is 5.92 Å². The van der Waals surface area contributed by atoms with Gasteiger partial charge in [0.25, 0.3) is 0 Å². The highest BCUT2D eigenvalue weighted by Crippen LogP contribution is 2.33. The Labute approximate surface area is 130 Å². The molecular formula is C16H24BrNO2. The van der Waals surface area contributed by atoms with Crippen LogP contribution in [0.5, 0.6) is 5.75 Å². The van der Waals surface area contributed by atoms with Gasteiger partial charge in [-0.3, -0.25) is 0 Å². The molecule has 0 aliphatic carbocycles. The highest BCUT2D eigenvalue weighted by atomic mass is 79.9. The number of halogens is 1. The summed E-state index contributed by atoms with van der Waals surface area (Å²) >= 11 is 3.59. The van der Waals surface area contributed by atoms with E-state index >= 15 is 0 Å². The van der Waals surface area contributed by atoms with Crippen LogP contribution in [-0.4, -0.2) is 25.9 Å². The maximum Gasteiger partial charge on any atom is 0.127 e. The van der Waals surface area contributed by atoms with Crippen molar-refractivity contribution in [3.63, 3.8) is 0 Å². The topological polar surface area (TPSA) is 30.5 Å². The van der Waals surface area contributed by atoms with E-state index in [9.17, 15) is 0 Å². The van der Waals surface area contributed by atoms with Crippen molar-refractivity contribution in [1.82, 2.24) is 5.32 Å². The molecule has 1 aliphatic heterocycles. The number of fused-ring (bicyclic) bond motifs is 1. The highest BCUT2D eigenvalue weighted by Gasteiger charge is 2.19. The number of benzene rings is 1. The van der Waals surface area contributed by atoms with Crippen molar-refractivity contribution in [2.75, 3.05) is 19.8 Å². The minimum atomic E-state index is 0.367. The largest absolute Gasteiger partial charge is 0.493 e. The van der Waals surface area contributed by atoms with Crippen LogP contribution in [0.2, 0.25) is 0 Å². The van der Waals surface area contributed by atoms with Crippen LogP contribution in [-0.2, 0) is 17.7 Å². The molecule has 0 bridgehead atoms. The fraction of sp³-hybridized carbons (Fsp3) is 0.625. The standard InChI is InChI=1S/C16H24BrNO2/c1-4-19-10-15(11(2)3)18-9-13-8-14(17)7-12-5-6-20-16(12)13/h7-8,11,15,18H,4-6,9-10H2,1-3H3. The van der Waals surface area contributed by atoms with Crippen LogP contribution < -0.4 is 10.1 Å². The number of ether oxygens (including phenoxy) is 2. The first-order valence-electron chi connectivity index (χ1n) is 7.37. The lowest BCUT2D eigenvalue weighted by Gasteiger charge is -2.23. The first-order valence-corrected chi connectivity index (χ1v) is 8.16. The second kappa shape index (κ2) is 7.43. The smallest absolute Gasteiger partial charge is 0.127 e. The minimum absolute atomic E-state index is 0.367. The molecule has 0 spiro atoms. The summed E-state index contributed by atoms with van der Waals surface area (Å²) in [7, 11) is 0. The third-order valence-corrected chi connectivity index (χ3v) is 4.14. The van der Waals surface area contributed by atoms with Gasteiger partial charge >= 0.3 is 0 Å². The Kier molecular flexibility index (Phi) is 5.87. The molecule has 0 aromatic heterocycles. The first kappa shape index (κ1) is 15.8. The molecule has 4 heteroatoms. The fourth-order valence-electron chi connectivity index (χ4n) is 2.45. The first-order chi connectivity index (χ1) is 9.61. The Morgan fingerprint density at radius 1 is 1.40 bits per heavy atom. The Hall–Kier alpha value is -0.580. The molecule has 1 N–H and O–H groups in total. The van der Waals surface area contributed by atoms with Gasteiger partial charge in [0, 0.05) is 35.7 Å². The summed E-state index contributed by atoms with van der Waals surface area (Å²) in [6.07, 6.45) is 1.01. The zero-order valence-corrected chi connectivity index (χ0v) is 14.1. The van der Waals surface area contributed by atoms with Crippen LogP contribution in [0.15, 0.2) is 16.6 Å². The molecule has 3 nitrogen and oxygen atoms in total. The Balaban J connectivity index is 2.02. The van der Waals surface area contributed by atoms with E-state index in [0.29, 0.717) is 12.0 Å². The van der Waals surface area contributed by atoms with Gasteiger partial charge < -0.3 is 14.8 Å². The number of rotatable bonds is 7. The summed E-state index contributed by atoms with van der Waals surface area (Å²) in [5.74, 6) is 1.61. The van der Waals surface area contributed by atoms with Crippen molar-refractivity contribution in [3.8, 4) is 5.75 Å². The SMILES string of the molecule is CCOCC(NCc1cc(Br)cc2c1OCC2)C(C)C. The van der Waals surface area contributed by atoms with Gasteiger partial charge in [0.1, 0.15) is 5.75 Å². The molecule has 0 saturated carbocycles. The molecule has 0 saturated heterocycles. The molecule has 20 heavy (non-hydrogen) atoms. The van der Waals surface area contributed by atoms with Gasteiger partial charge in [0.2, 0.25) is 0 Å². The van der Waals surface area contributed by atoms with Gasteiger partial charge in [-0.1, -0.05) is 29.8 Å². The molecule has 1 heterocycles. The minimum Gasteiger partial charge on any atom is -0.493 e. The Bertz CT molecular complexity index is 448. The van der Waals surface area contributed by atoms with E-state index in [4.69, 9.17) is 9.47 Å². The lowest BCUT2D eigenvalue weighted by Crippen LogP contribution is -2.37. The van der Waals surface area contributed by atoms with Crippen molar-refractivity contribution in [2.24, 2.45) is 5.92 Å². The molecule has 1 atom stereocenters. The van der Waals surface area contributed by atoms with E-state index in [1.165, 1.54) is 11.1 Å². The highest BCUT2D eigenvalue weighted by molar-refractivity contribution is 9.10. The molecule has 1 unspecified atom stereocenters. The van der Waals surface area contributed by atoms with Crippen molar-refractivity contribution >= 4 is 15.9 Å². The summed E-state index contributed by atoms with van der Waals surface area (Å²) in [5, 5.41) is 3.60. The van der Waals surface area contributed by atoms with Gasteiger partial charge in [0.05, 0.1) is 13.2 Å². The zero-order valence-electron chi connectivity index (χ0n) is 12.5. The van der Waals surface area contributed by atoms with Gasteiger partial charge in [-0.25, -0.2) is 0 Å². The summed E-state index contributed by atoms with van der Waals surface area (Å²) in [6, 6.07) is 4.67. The van der Waals surface area contributed by atoms with Crippen molar-refractivity contribution < 1.29 is 9.47 Å². The molecule has 0 radical (unpaired) electrons. The molecule has 1 aliphatic rings. The van der Waals surface area contributed by atoms with Crippen molar-refractivity contribution in [1.29, 1.82) is 0 Å². The van der Waals surface area contributed by atoms with E-state index in [2.05, 4.69) is 47.2 Å². The molecule has 0 fully saturated rings. The second-order valence-corrected chi connectivity index (χ2v) is 6.46. The maximum atomic E-state index is 5.77. The monoisotopic (exact) mass is 341 g/mol. The van der Waals surface area contributed by atoms with E-state index < -0.39 is 0 Å². The van der Waals surface area contributed by atoms with Crippen LogP contribution in [0.3, 0.4) is 0 Å². The van der Waals surface area contributed by atoms with E-state index in [0.717, 1.165) is 43.0 Å². The van der Waals surface area contributed by atoms with E-state index in [1.54, 1.807) is 0 Å². The predicted octanol–water partition coefficient (Wildman–Crippen LogP) is 3.53.